The van der Waals surface area contributed by atoms with Gasteiger partial charge in [-0.25, -0.2) is 19.2 Å². The molecule has 2 fully saturated rings. The topological polar surface area (TPSA) is 379 Å². The number of carbonyl (C=O) groups excluding carboxylic acids is 2. The SMILES string of the molecule is O=C(O[C@@H]1C[C@](O)(C(=O)O)C[C@@H](O)[C@H]1O)C(O)C(O)c1ccc(O)c(OC(C(=O)O[C@@H]2C[C@](O)(C(=O)O)C[C@@H](O)[C@H]2O)C(O)c2ccc(O)c(O)c2)c1. The van der Waals surface area contributed by atoms with E-state index in [-0.39, 0.29) is 5.56 Å². The molecule has 14 N–H and O–H groups in total. The number of hydrogen-bond acceptors (Lipinski definition) is 19. The summed E-state index contributed by atoms with van der Waals surface area (Å²) in [4.78, 5) is 49.4. The predicted octanol–water partition coefficient (Wildman–Crippen LogP) is -3.84. The smallest absolute Gasteiger partial charge is 0.350 e. The standard InChI is InChI=1S/C32H38O21/c33-13-3-1-11(5-15(13)35)22(39)26(28(44)53-20-10-32(50,30(47)48)8-17(37)24(20)41)51-18-6-12(2-4-14(18)34)21(38)25(42)27(43)52-19-9-31(49,29(45)46)7-16(36)23(19)40/h1-6,16-17,19-26,33-42,49-50H,7-10H2,(H,45,46)(H,47,48)/t16-,17-,19-,20-,21?,22?,23-,24-,25?,26?,31+,32+/m1/s1. The van der Waals surface area contributed by atoms with E-state index in [4.69, 9.17) is 14.2 Å². The van der Waals surface area contributed by atoms with E-state index >= 15 is 0 Å². The molecule has 0 aromatic heterocycles. The Bertz CT molecular complexity index is 1700. The van der Waals surface area contributed by atoms with E-state index in [1.165, 1.54) is 0 Å². The van der Waals surface area contributed by atoms with Crippen molar-refractivity contribution in [3.63, 3.8) is 0 Å². The highest BCUT2D eigenvalue weighted by atomic mass is 16.6. The van der Waals surface area contributed by atoms with Crippen LogP contribution in [0, 0.1) is 0 Å². The predicted molar refractivity (Wildman–Crippen MR) is 166 cm³/mol. The van der Waals surface area contributed by atoms with Crippen LogP contribution in [-0.4, -0.2) is 155 Å². The lowest BCUT2D eigenvalue weighted by Gasteiger charge is -2.39. The van der Waals surface area contributed by atoms with E-state index < -0.39 is 150 Å². The van der Waals surface area contributed by atoms with Crippen LogP contribution in [0.15, 0.2) is 36.4 Å². The molecule has 21 nitrogen and oxygen atoms in total. The number of aliphatic hydroxyl groups excluding tert-OH is 7. The van der Waals surface area contributed by atoms with Crippen molar-refractivity contribution in [1.82, 2.24) is 0 Å². The van der Waals surface area contributed by atoms with E-state index in [0.29, 0.717) is 0 Å². The first-order valence-corrected chi connectivity index (χ1v) is 15.7. The fraction of sp³-hybridized carbons (Fsp3) is 0.500. The summed E-state index contributed by atoms with van der Waals surface area (Å²) in [6.45, 7) is 0. The third-order valence-corrected chi connectivity index (χ3v) is 9.03. The van der Waals surface area contributed by atoms with Crippen molar-refractivity contribution in [3.05, 3.63) is 47.5 Å². The summed E-state index contributed by atoms with van der Waals surface area (Å²) in [5, 5.41) is 143. The average Bonchev–Trinajstić information content (AvgIpc) is 3.08. The van der Waals surface area contributed by atoms with Crippen molar-refractivity contribution >= 4 is 23.9 Å². The number of aliphatic carboxylic acids is 2. The number of ether oxygens (including phenoxy) is 3. The number of aromatic hydroxyl groups is 3. The van der Waals surface area contributed by atoms with Crippen LogP contribution < -0.4 is 4.74 Å². The molecular formula is C32H38O21. The van der Waals surface area contributed by atoms with Crippen LogP contribution in [0.4, 0.5) is 0 Å². The second kappa shape index (κ2) is 15.6. The second-order valence-electron chi connectivity index (χ2n) is 12.9. The Morgan fingerprint density at radius 1 is 0.623 bits per heavy atom. The van der Waals surface area contributed by atoms with Gasteiger partial charge >= 0.3 is 23.9 Å². The van der Waals surface area contributed by atoms with Gasteiger partial charge in [0.2, 0.25) is 6.10 Å². The maximum atomic E-state index is 13.5. The summed E-state index contributed by atoms with van der Waals surface area (Å²) in [6.07, 6.45) is -24.2. The molecule has 0 saturated heterocycles. The van der Waals surface area contributed by atoms with Crippen LogP contribution in [0.5, 0.6) is 23.0 Å². The van der Waals surface area contributed by atoms with Gasteiger partial charge < -0.3 is 85.7 Å². The molecule has 2 saturated carbocycles. The van der Waals surface area contributed by atoms with Crippen molar-refractivity contribution in [2.24, 2.45) is 0 Å². The van der Waals surface area contributed by atoms with Crippen LogP contribution in [0.25, 0.3) is 0 Å². The van der Waals surface area contributed by atoms with Crippen molar-refractivity contribution in [1.29, 1.82) is 0 Å². The average molecular weight is 759 g/mol. The van der Waals surface area contributed by atoms with E-state index in [2.05, 4.69) is 0 Å². The minimum absolute atomic E-state index is 0.327. The number of aliphatic hydroxyl groups is 9. The lowest BCUT2D eigenvalue weighted by Crippen LogP contribution is -2.57. The first-order chi connectivity index (χ1) is 24.6. The van der Waals surface area contributed by atoms with Crippen LogP contribution >= 0.6 is 0 Å². The second-order valence-corrected chi connectivity index (χ2v) is 12.9. The monoisotopic (exact) mass is 758 g/mol. The van der Waals surface area contributed by atoms with Gasteiger partial charge in [-0.15, -0.1) is 0 Å². The van der Waals surface area contributed by atoms with Crippen molar-refractivity contribution in [2.45, 2.75) is 97.9 Å². The van der Waals surface area contributed by atoms with Gasteiger partial charge in [-0.3, -0.25) is 0 Å². The normalized spacial score (nSPS) is 31.0. The van der Waals surface area contributed by atoms with Gasteiger partial charge in [-0.05, 0) is 35.4 Å². The first kappa shape index (κ1) is 40.9. The summed E-state index contributed by atoms with van der Waals surface area (Å²) in [6, 6.07) is 5.26. The zero-order valence-electron chi connectivity index (χ0n) is 27.2. The number of rotatable bonds is 12. The largest absolute Gasteiger partial charge is 0.504 e. The Kier molecular flexibility index (Phi) is 12.1. The number of benzene rings is 2. The van der Waals surface area contributed by atoms with Crippen LogP contribution in [0.1, 0.15) is 49.0 Å². The van der Waals surface area contributed by atoms with Crippen LogP contribution in [-0.2, 0) is 28.7 Å². The maximum Gasteiger partial charge on any atom is 0.350 e. The Morgan fingerprint density at radius 2 is 1.08 bits per heavy atom. The molecule has 2 aliphatic carbocycles. The molecule has 0 amide bonds. The van der Waals surface area contributed by atoms with Gasteiger partial charge in [0.25, 0.3) is 0 Å². The molecule has 0 radical (unpaired) electrons. The zero-order valence-corrected chi connectivity index (χ0v) is 27.2. The quantitative estimate of drug-likeness (QED) is 0.0728. The number of phenolic OH excluding ortho intramolecular Hbond substituents is 3. The number of phenols is 3. The fourth-order valence-electron chi connectivity index (χ4n) is 5.91. The lowest BCUT2D eigenvalue weighted by atomic mass is 9.79. The maximum absolute atomic E-state index is 13.5. The molecule has 21 heteroatoms. The first-order valence-electron chi connectivity index (χ1n) is 15.7. The molecule has 4 unspecified atom stereocenters. The molecule has 4 rings (SSSR count). The van der Waals surface area contributed by atoms with E-state index in [1.807, 2.05) is 0 Å². The third-order valence-electron chi connectivity index (χ3n) is 9.03. The molecule has 0 aliphatic heterocycles. The summed E-state index contributed by atoms with van der Waals surface area (Å²) in [5.41, 5.74) is -6.07. The van der Waals surface area contributed by atoms with Gasteiger partial charge in [0, 0.05) is 25.7 Å². The van der Waals surface area contributed by atoms with Gasteiger partial charge in [0.1, 0.15) is 36.6 Å². The molecule has 2 aromatic rings. The van der Waals surface area contributed by atoms with E-state index in [9.17, 15) is 90.7 Å². The fourth-order valence-corrected chi connectivity index (χ4v) is 5.91. The van der Waals surface area contributed by atoms with Gasteiger partial charge in [-0.2, -0.15) is 0 Å². The molecular weight excluding hydrogens is 720 g/mol. The highest BCUT2D eigenvalue weighted by Gasteiger charge is 2.52. The Balaban J connectivity index is 1.60. The van der Waals surface area contributed by atoms with Gasteiger partial charge in [0.15, 0.2) is 40.3 Å². The summed E-state index contributed by atoms with van der Waals surface area (Å²) in [5.74, 6) is -9.90. The molecule has 292 valence electrons. The molecule has 0 spiro atoms. The molecule has 2 aromatic carbocycles. The van der Waals surface area contributed by atoms with Crippen molar-refractivity contribution < 1.29 is 105 Å². The van der Waals surface area contributed by atoms with Gasteiger partial charge in [-0.1, -0.05) is 12.1 Å². The Labute approximate surface area is 297 Å². The summed E-state index contributed by atoms with van der Waals surface area (Å²) in [7, 11) is 0. The number of esters is 2. The highest BCUT2D eigenvalue weighted by Crippen LogP contribution is 2.38. The molecule has 12 atom stereocenters. The van der Waals surface area contributed by atoms with E-state index in [0.717, 1.165) is 36.4 Å². The van der Waals surface area contributed by atoms with E-state index in [1.54, 1.807) is 0 Å². The minimum atomic E-state index is -2.67. The summed E-state index contributed by atoms with van der Waals surface area (Å²) >= 11 is 0. The number of hydrogen-bond donors (Lipinski definition) is 14. The van der Waals surface area contributed by atoms with Crippen LogP contribution in [0.3, 0.4) is 0 Å². The number of carboxylic acids is 2. The number of carbonyl (C=O) groups is 4. The number of carboxylic acid groups (broad SMARTS) is 2. The highest BCUT2D eigenvalue weighted by molar-refractivity contribution is 5.79. The Hall–Kier alpha value is -4.84. The Morgan fingerprint density at radius 3 is 1.55 bits per heavy atom. The molecule has 2 aliphatic rings. The third kappa shape index (κ3) is 8.70. The molecule has 0 heterocycles. The molecule has 53 heavy (non-hydrogen) atoms. The lowest BCUT2D eigenvalue weighted by molar-refractivity contribution is -0.204. The summed E-state index contributed by atoms with van der Waals surface area (Å²) < 4.78 is 15.6. The zero-order chi connectivity index (χ0) is 39.7. The minimum Gasteiger partial charge on any atom is -0.504 e. The van der Waals surface area contributed by atoms with Crippen molar-refractivity contribution in [2.75, 3.05) is 0 Å². The van der Waals surface area contributed by atoms with Gasteiger partial charge in [0.05, 0.1) is 12.2 Å². The van der Waals surface area contributed by atoms with Crippen LogP contribution in [0.2, 0.25) is 0 Å². The molecule has 0 bridgehead atoms. The van der Waals surface area contributed by atoms with Crippen molar-refractivity contribution in [3.8, 4) is 23.0 Å².